The second kappa shape index (κ2) is 40.3. The number of aliphatic hydroxyl groups excluding tert-OH is 19. The summed E-state index contributed by atoms with van der Waals surface area (Å²) >= 11 is 0. The van der Waals surface area contributed by atoms with Gasteiger partial charge in [-0.2, -0.15) is 0 Å². The monoisotopic (exact) mass is 1450 g/mol. The van der Waals surface area contributed by atoms with Gasteiger partial charge in [0.1, 0.15) is 146 Å². The molecule has 0 bridgehead atoms. The Morgan fingerprint density at radius 3 is 1.38 bits per heavy atom. The Morgan fingerprint density at radius 1 is 0.532 bits per heavy atom. The van der Waals surface area contributed by atoms with Gasteiger partial charge in [0.15, 0.2) is 43.1 Å². The molecule has 6 saturated heterocycles. The summed E-state index contributed by atoms with van der Waals surface area (Å²) in [6, 6.07) is -1.09. The Hall–Kier alpha value is -2.22. The molecule has 47 heteroatoms. The highest BCUT2D eigenvalue weighted by atomic mass is 33.1. The number of aliphatic hydroxyl groups is 19. The molecule has 33 atom stereocenters. The molecular formula is C47H79N3O40P2S2. The number of dihydropyridines is 1. The van der Waals surface area contributed by atoms with Crippen molar-refractivity contribution in [3.63, 3.8) is 0 Å². The molecule has 0 spiro atoms. The van der Waals surface area contributed by atoms with Crippen molar-refractivity contribution in [1.82, 2.24) is 5.32 Å². The molecule has 0 aromatic rings. The normalized spacial score (nSPS) is 43.6. The molecule has 94 heavy (non-hydrogen) atoms. The van der Waals surface area contributed by atoms with E-state index < -0.39 is 269 Å². The van der Waals surface area contributed by atoms with Crippen LogP contribution >= 0.6 is 39.0 Å². The van der Waals surface area contributed by atoms with Crippen LogP contribution in [-0.2, 0) is 80.1 Å². The van der Waals surface area contributed by atoms with Crippen molar-refractivity contribution in [3.8, 4) is 0 Å². The van der Waals surface area contributed by atoms with Crippen molar-refractivity contribution in [2.24, 2.45) is 4.99 Å². The van der Waals surface area contributed by atoms with Gasteiger partial charge in [-0.1, -0.05) is 21.6 Å². The van der Waals surface area contributed by atoms with Crippen LogP contribution in [0.2, 0.25) is 0 Å². The summed E-state index contributed by atoms with van der Waals surface area (Å²) in [5, 5.41) is 230. The number of nitrogens with zero attached hydrogens (tertiary/aromatic N) is 2. The Bertz CT molecular complexity index is 2320. The van der Waals surface area contributed by atoms with Crippen LogP contribution in [-0.4, -0.2) is 372 Å². The fourth-order valence-corrected chi connectivity index (χ4v) is 12.4. The lowest BCUT2D eigenvalue weighted by atomic mass is 9.96. The molecule has 7 rings (SSSR count). The van der Waals surface area contributed by atoms with Gasteiger partial charge in [0.05, 0.1) is 51.6 Å². The van der Waals surface area contributed by atoms with Crippen LogP contribution in [0.4, 0.5) is 0 Å². The molecule has 1 amide bonds. The third kappa shape index (κ3) is 21.7. The zero-order valence-electron chi connectivity index (χ0n) is 48.9. The summed E-state index contributed by atoms with van der Waals surface area (Å²) in [6.07, 6.45) is -53.7. The molecule has 0 saturated carbocycles. The molecule has 0 aliphatic carbocycles. The number of nitrogens with one attached hydrogen (secondary N) is 1. The van der Waals surface area contributed by atoms with Crippen LogP contribution < -0.4 is 5.32 Å². The first-order chi connectivity index (χ1) is 44.7. The van der Waals surface area contributed by atoms with Crippen LogP contribution in [0.3, 0.4) is 0 Å². The molecule has 22 N–H and O–H groups in total. The molecule has 6 fully saturated rings. The first-order valence-electron chi connectivity index (χ1n) is 28.3. The number of rotatable bonds is 28. The van der Waals surface area contributed by atoms with E-state index in [1.807, 2.05) is 0 Å². The van der Waals surface area contributed by atoms with Crippen LogP contribution in [0.25, 0.3) is 0 Å². The van der Waals surface area contributed by atoms with E-state index in [1.54, 1.807) is 6.92 Å². The van der Waals surface area contributed by atoms with Gasteiger partial charge in [-0.05, 0) is 25.5 Å². The minimum atomic E-state index is -2.12. The Balaban J connectivity index is 0.00000189. The standard InChI is InChI=1S/C47H77N3O34S2.2HO3P/c1-14(85-86-41-15(50(71)72)4-2-6-48-41)49-22(55)5-3-7-73-43-37(70)38(82-47-40(33(66)26(59)19(11-54)79-47)84-45-36(69)30(63)24(57)17(9-52)77-45)28(61)21(81-43)13-74-42-34(67)31(64)27(60)20(80-42)12-75-46-39(32(65)25(58)18(10-53)78-46)83-44-35(68)29(62)23(56)16(8-51)76-44;2*1-3-4-2/h2,4,6,14-21,23-47,51-54,56-70H,3,5,7-13H2,1H3,(H,49,55);2*1H/t14?,15?,16?,17?,18?,19?,20?,21?,23-,24-,25-,26-,27-,28-,29+,30+,31+,32+,33+,34?,35?,36?,37?,38+,39?,40?,41?,42+,43+,44-,45-,46+,47-;;/m1../s1. The summed E-state index contributed by atoms with van der Waals surface area (Å²) in [4.78, 5) is 28.1. The number of carbonyl (C=O) groups excluding carboxylic acids is 1. The number of hydrogen-bond donors (Lipinski definition) is 22. The largest absolute Gasteiger partial charge is 0.394 e. The minimum absolute atomic E-state index is 0.0686. The van der Waals surface area contributed by atoms with E-state index in [-0.39, 0.29) is 19.4 Å². The lowest BCUT2D eigenvalue weighted by Crippen LogP contribution is -2.67. The van der Waals surface area contributed by atoms with Crippen molar-refractivity contribution in [2.75, 3.05) is 46.2 Å². The highest BCUT2D eigenvalue weighted by molar-refractivity contribution is 8.77. The first kappa shape index (κ1) is 82.4. The van der Waals surface area contributed by atoms with Crippen molar-refractivity contribution < 1.29 is 193 Å². The first-order valence-corrected chi connectivity index (χ1v) is 32.0. The van der Waals surface area contributed by atoms with E-state index in [4.69, 9.17) is 76.5 Å². The van der Waals surface area contributed by atoms with Crippen LogP contribution in [0.15, 0.2) is 17.1 Å². The van der Waals surface area contributed by atoms with Gasteiger partial charge in [-0.3, -0.25) is 19.9 Å². The number of hydrogen-bond acceptors (Lipinski definition) is 43. The lowest BCUT2D eigenvalue weighted by Gasteiger charge is -2.48. The second-order valence-electron chi connectivity index (χ2n) is 21.4. The van der Waals surface area contributed by atoms with Crippen LogP contribution in [0.5, 0.6) is 0 Å². The highest BCUT2D eigenvalue weighted by Crippen LogP contribution is 2.37. The smallest absolute Gasteiger partial charge is 0.358 e. The van der Waals surface area contributed by atoms with Crippen LogP contribution in [0, 0.1) is 10.1 Å². The van der Waals surface area contributed by atoms with Crippen LogP contribution in [0.1, 0.15) is 19.8 Å². The summed E-state index contributed by atoms with van der Waals surface area (Å²) in [7, 11) is 0.800. The zero-order chi connectivity index (χ0) is 69.8. The molecule has 0 radical (unpaired) electrons. The topological polar surface area (TPSA) is 673 Å². The molecule has 7 aliphatic heterocycles. The predicted octanol–water partition coefficient (Wildman–Crippen LogP) is -10.5. The van der Waals surface area contributed by atoms with Crippen molar-refractivity contribution in [1.29, 1.82) is 0 Å². The fourth-order valence-electron chi connectivity index (χ4n) is 10.0. The number of nitro groups is 1. The van der Waals surface area contributed by atoms with E-state index in [9.17, 15) is 112 Å². The number of allylic oxidation sites excluding steroid dienone is 1. The third-order valence-corrected chi connectivity index (χ3v) is 18.1. The number of aliphatic imine (C=N–C) groups is 1. The van der Waals surface area contributed by atoms with Gasteiger partial charge in [0, 0.05) is 17.6 Å². The highest BCUT2D eigenvalue weighted by Gasteiger charge is 2.56. The van der Waals surface area contributed by atoms with Gasteiger partial charge in [-0.15, -0.1) is 9.35 Å². The molecule has 7 heterocycles. The number of carbonyl (C=O) groups is 1. The maximum atomic E-state index is 13.0. The zero-order valence-corrected chi connectivity index (χ0v) is 52.3. The maximum Gasteiger partial charge on any atom is 0.358 e. The Labute approximate surface area is 541 Å². The van der Waals surface area contributed by atoms with Gasteiger partial charge >= 0.3 is 17.4 Å². The summed E-state index contributed by atoms with van der Waals surface area (Å²) < 4.78 is 92.1. The van der Waals surface area contributed by atoms with Gasteiger partial charge in [-0.25, -0.2) is 19.6 Å². The molecule has 0 aromatic heterocycles. The predicted molar refractivity (Wildman–Crippen MR) is 300 cm³/mol. The Morgan fingerprint density at radius 2 is 0.915 bits per heavy atom. The van der Waals surface area contributed by atoms with Crippen molar-refractivity contribution in [3.05, 3.63) is 22.3 Å². The van der Waals surface area contributed by atoms with E-state index in [2.05, 4.69) is 19.7 Å². The molecule has 544 valence electrons. The molecule has 7 aliphatic rings. The SMILES string of the molecule is CC(NC(=O)CCCO[C@H]1OC(CO[C@H]2OC(CO[C@H]3OC(CO)[C@@H](O)[C@H](O)C3O[C@H]3OC(CO)[C@@H](O)[C@H](O)C3O)[C@@H](O)[C@H](O)C2O)[C@@H](O)[C@H](O[C@H]2OC(CO)[C@@H](O)[C@H](O)C2O[C@H]2OC(CO)[C@@H](O)[C@H](O)C2O)C1O)SSC1N=CC=CC1[N+](=O)[O-].O=POO.O=POO. The minimum Gasteiger partial charge on any atom is -0.394 e. The summed E-state index contributed by atoms with van der Waals surface area (Å²) in [6.45, 7) is -4.23. The third-order valence-electron chi connectivity index (χ3n) is 15.1. The number of amides is 1. The average molecular weight is 1450 g/mol. The molecule has 15 unspecified atom stereocenters. The maximum absolute atomic E-state index is 13.0. The van der Waals surface area contributed by atoms with E-state index >= 15 is 0 Å². The number of ether oxygens (including phenoxy) is 12. The second-order valence-corrected chi connectivity index (χ2v) is 24.7. The fraction of sp³-hybridized carbons (Fsp3) is 0.915. The molecular weight excluding hydrogens is 1370 g/mol. The lowest BCUT2D eigenvalue weighted by molar-refractivity contribution is -0.508. The molecule has 43 nitrogen and oxygen atoms in total. The van der Waals surface area contributed by atoms with Crippen molar-refractivity contribution >= 4 is 51.1 Å². The van der Waals surface area contributed by atoms with Gasteiger partial charge in [0.2, 0.25) is 5.91 Å². The van der Waals surface area contributed by atoms with Crippen molar-refractivity contribution in [2.45, 2.75) is 221 Å². The quantitative estimate of drug-likeness (QED) is 0.00658. The van der Waals surface area contributed by atoms with E-state index in [0.29, 0.717) is 0 Å². The van der Waals surface area contributed by atoms with Gasteiger partial charge in [0.25, 0.3) is 6.04 Å². The van der Waals surface area contributed by atoms with Gasteiger partial charge < -0.3 is 159 Å². The summed E-state index contributed by atoms with van der Waals surface area (Å²) in [5.41, 5.74) is 0. The van der Waals surface area contributed by atoms with E-state index in [1.165, 1.54) is 18.4 Å². The summed E-state index contributed by atoms with van der Waals surface area (Å²) in [5.74, 6) is -0.501. The average Bonchev–Trinajstić information content (AvgIpc) is 0.795. The Kier molecular flexibility index (Phi) is 35.3. The van der Waals surface area contributed by atoms with E-state index in [0.717, 1.165) is 21.6 Å². The molecule has 0 aromatic carbocycles.